The van der Waals surface area contributed by atoms with E-state index in [-0.39, 0.29) is 12.1 Å². The van der Waals surface area contributed by atoms with Gasteiger partial charge in [0.05, 0.1) is 18.1 Å². The van der Waals surface area contributed by atoms with Gasteiger partial charge < -0.3 is 14.2 Å². The number of hydrogen-bond donors (Lipinski definition) is 0. The Labute approximate surface area is 216 Å². The van der Waals surface area contributed by atoms with Crippen molar-refractivity contribution >= 4 is 11.9 Å². The van der Waals surface area contributed by atoms with E-state index in [0.717, 1.165) is 31.4 Å². The maximum atomic E-state index is 12.8. The lowest BCUT2D eigenvalue weighted by Crippen LogP contribution is -2.13. The van der Waals surface area contributed by atoms with Gasteiger partial charge in [-0.15, -0.1) is 0 Å². The fourth-order valence-corrected chi connectivity index (χ4v) is 4.66. The van der Waals surface area contributed by atoms with Crippen molar-refractivity contribution in [2.75, 3.05) is 6.61 Å². The Kier molecular flexibility index (Phi) is 11.8. The van der Waals surface area contributed by atoms with E-state index in [4.69, 9.17) is 14.2 Å². The molecule has 0 bridgehead atoms. The zero-order valence-corrected chi connectivity index (χ0v) is 22.0. The lowest BCUT2D eigenvalue weighted by molar-refractivity contribution is -0.142. The number of benzene rings is 2. The molecule has 0 saturated carbocycles. The van der Waals surface area contributed by atoms with Crippen LogP contribution in [0.3, 0.4) is 0 Å². The molecule has 1 heterocycles. The quantitative estimate of drug-likeness (QED) is 0.134. The number of esters is 2. The average Bonchev–Trinajstić information content (AvgIpc) is 3.26. The van der Waals surface area contributed by atoms with E-state index in [1.807, 2.05) is 18.2 Å². The molecule has 2 aromatic rings. The Morgan fingerprint density at radius 3 is 2.28 bits per heavy atom. The van der Waals surface area contributed by atoms with Crippen LogP contribution in [-0.4, -0.2) is 24.6 Å². The van der Waals surface area contributed by atoms with Crippen LogP contribution in [-0.2, 0) is 9.53 Å². The molecule has 0 amide bonds. The highest BCUT2D eigenvalue weighted by atomic mass is 16.6. The molecule has 1 aliphatic heterocycles. The predicted molar refractivity (Wildman–Crippen MR) is 143 cm³/mol. The van der Waals surface area contributed by atoms with Crippen LogP contribution in [0, 0.1) is 0 Å². The molecule has 5 nitrogen and oxygen atoms in total. The SMILES string of the molecule is CCCCCCCCOc1ccc(C(=O)Oc2ccccc2[C@H]2C[C@@H](CCCCCC)OC2=O)cc1. The summed E-state index contributed by atoms with van der Waals surface area (Å²) in [6, 6.07) is 14.3. The lowest BCUT2D eigenvalue weighted by atomic mass is 9.93. The number of ether oxygens (including phenoxy) is 3. The fourth-order valence-electron chi connectivity index (χ4n) is 4.66. The molecule has 2 atom stereocenters. The molecule has 36 heavy (non-hydrogen) atoms. The summed E-state index contributed by atoms with van der Waals surface area (Å²) in [6.07, 6.45) is 13.4. The van der Waals surface area contributed by atoms with Crippen molar-refractivity contribution in [3.05, 3.63) is 59.7 Å². The van der Waals surface area contributed by atoms with Crippen LogP contribution in [0.25, 0.3) is 0 Å². The molecular formula is C31H42O5. The second-order valence-electron chi connectivity index (χ2n) is 9.76. The summed E-state index contributed by atoms with van der Waals surface area (Å²) >= 11 is 0. The number of hydrogen-bond acceptors (Lipinski definition) is 5. The van der Waals surface area contributed by atoms with Crippen LogP contribution in [0.15, 0.2) is 48.5 Å². The van der Waals surface area contributed by atoms with Gasteiger partial charge in [0.2, 0.25) is 0 Å². The van der Waals surface area contributed by atoms with Gasteiger partial charge in [-0.1, -0.05) is 83.4 Å². The standard InChI is InChI=1S/C31H42O5/c1-3-5-7-9-10-14-22-34-25-20-18-24(19-21-25)30(32)36-29-17-13-12-16-27(29)28-23-26(35-31(28)33)15-11-8-6-4-2/h12-13,16-21,26,28H,3-11,14-15,22-23H2,1-2H3/t26-,28-/m1/s1. The van der Waals surface area contributed by atoms with Crippen LogP contribution in [0.1, 0.15) is 113 Å². The van der Waals surface area contributed by atoms with E-state index in [2.05, 4.69) is 13.8 Å². The summed E-state index contributed by atoms with van der Waals surface area (Å²) in [7, 11) is 0. The molecule has 1 aliphatic rings. The minimum Gasteiger partial charge on any atom is -0.494 e. The first-order valence-corrected chi connectivity index (χ1v) is 13.9. The highest BCUT2D eigenvalue weighted by molar-refractivity contribution is 5.91. The van der Waals surface area contributed by atoms with Crippen molar-refractivity contribution < 1.29 is 23.8 Å². The minimum absolute atomic E-state index is 0.0630. The summed E-state index contributed by atoms with van der Waals surface area (Å²) in [6.45, 7) is 5.09. The van der Waals surface area contributed by atoms with Crippen molar-refractivity contribution in [3.8, 4) is 11.5 Å². The normalized spacial score (nSPS) is 17.1. The molecule has 196 valence electrons. The predicted octanol–water partition coefficient (Wildman–Crippen LogP) is 8.01. The van der Waals surface area contributed by atoms with Crippen molar-refractivity contribution in [2.45, 2.75) is 103 Å². The Hall–Kier alpha value is -2.82. The third-order valence-corrected chi connectivity index (χ3v) is 6.80. The molecule has 0 N–H and O–H groups in total. The number of carbonyl (C=O) groups is 2. The third kappa shape index (κ3) is 8.69. The van der Waals surface area contributed by atoms with Gasteiger partial charge in [0.25, 0.3) is 0 Å². The zero-order valence-electron chi connectivity index (χ0n) is 22.0. The van der Waals surface area contributed by atoms with Crippen LogP contribution in [0.5, 0.6) is 11.5 Å². The Morgan fingerprint density at radius 2 is 1.53 bits per heavy atom. The second kappa shape index (κ2) is 15.3. The number of unbranched alkanes of at least 4 members (excludes halogenated alkanes) is 8. The lowest BCUT2D eigenvalue weighted by Gasteiger charge is -2.13. The van der Waals surface area contributed by atoms with Crippen molar-refractivity contribution in [2.24, 2.45) is 0 Å². The van der Waals surface area contributed by atoms with E-state index in [9.17, 15) is 9.59 Å². The van der Waals surface area contributed by atoms with Crippen LogP contribution in [0.2, 0.25) is 0 Å². The second-order valence-corrected chi connectivity index (χ2v) is 9.76. The largest absolute Gasteiger partial charge is 0.494 e. The van der Waals surface area contributed by atoms with E-state index in [1.165, 1.54) is 44.9 Å². The molecule has 0 spiro atoms. The number of para-hydroxylation sites is 1. The number of cyclic esters (lactones) is 1. The fraction of sp³-hybridized carbons (Fsp3) is 0.548. The van der Waals surface area contributed by atoms with Gasteiger partial charge in [-0.3, -0.25) is 4.79 Å². The molecule has 0 unspecified atom stereocenters. The van der Waals surface area contributed by atoms with Gasteiger partial charge in [-0.2, -0.15) is 0 Å². The Bertz CT molecular complexity index is 936. The highest BCUT2D eigenvalue weighted by Crippen LogP contribution is 2.37. The van der Waals surface area contributed by atoms with E-state index >= 15 is 0 Å². The maximum Gasteiger partial charge on any atom is 0.343 e. The smallest absolute Gasteiger partial charge is 0.343 e. The Morgan fingerprint density at radius 1 is 0.861 bits per heavy atom. The van der Waals surface area contributed by atoms with Gasteiger partial charge in [0.1, 0.15) is 17.6 Å². The maximum absolute atomic E-state index is 12.8. The molecule has 2 aromatic carbocycles. The zero-order chi connectivity index (χ0) is 25.6. The summed E-state index contributed by atoms with van der Waals surface area (Å²) in [5.41, 5.74) is 1.16. The topological polar surface area (TPSA) is 61.8 Å². The summed E-state index contributed by atoms with van der Waals surface area (Å²) < 4.78 is 17.2. The Balaban J connectivity index is 1.51. The monoisotopic (exact) mass is 494 g/mol. The average molecular weight is 495 g/mol. The number of carbonyl (C=O) groups excluding carboxylic acids is 2. The molecule has 0 aromatic heterocycles. The first kappa shape index (κ1) is 27.8. The molecule has 1 saturated heterocycles. The summed E-state index contributed by atoms with van der Waals surface area (Å²) in [5.74, 6) is 0.0832. The molecular weight excluding hydrogens is 452 g/mol. The van der Waals surface area contributed by atoms with Crippen molar-refractivity contribution in [1.82, 2.24) is 0 Å². The van der Waals surface area contributed by atoms with E-state index < -0.39 is 11.9 Å². The van der Waals surface area contributed by atoms with Crippen LogP contribution in [0.4, 0.5) is 0 Å². The molecule has 0 aliphatic carbocycles. The minimum atomic E-state index is -0.451. The van der Waals surface area contributed by atoms with Gasteiger partial charge >= 0.3 is 11.9 Å². The molecule has 3 rings (SSSR count). The summed E-state index contributed by atoms with van der Waals surface area (Å²) in [4.78, 5) is 25.5. The third-order valence-electron chi connectivity index (χ3n) is 6.80. The molecule has 0 radical (unpaired) electrons. The first-order chi connectivity index (χ1) is 17.6. The van der Waals surface area contributed by atoms with Crippen molar-refractivity contribution in [3.63, 3.8) is 0 Å². The van der Waals surface area contributed by atoms with Gasteiger partial charge in [-0.25, -0.2) is 4.79 Å². The van der Waals surface area contributed by atoms with Crippen molar-refractivity contribution in [1.29, 1.82) is 0 Å². The molecule has 5 heteroatoms. The van der Waals surface area contributed by atoms with Gasteiger partial charge in [0, 0.05) is 12.0 Å². The van der Waals surface area contributed by atoms with Gasteiger partial charge in [0.15, 0.2) is 0 Å². The van der Waals surface area contributed by atoms with Crippen LogP contribution < -0.4 is 9.47 Å². The van der Waals surface area contributed by atoms with E-state index in [1.54, 1.807) is 30.3 Å². The molecule has 1 fully saturated rings. The first-order valence-electron chi connectivity index (χ1n) is 13.9. The van der Waals surface area contributed by atoms with E-state index in [0.29, 0.717) is 29.9 Å². The highest BCUT2D eigenvalue weighted by Gasteiger charge is 2.37. The van der Waals surface area contributed by atoms with Gasteiger partial charge in [-0.05, 0) is 49.6 Å². The van der Waals surface area contributed by atoms with Crippen LogP contribution >= 0.6 is 0 Å². The number of rotatable bonds is 16. The summed E-state index contributed by atoms with van der Waals surface area (Å²) in [5, 5.41) is 0.